The van der Waals surface area contributed by atoms with Crippen LogP contribution in [0.25, 0.3) is 0 Å². The maximum absolute atomic E-state index is 9.66. The Morgan fingerprint density at radius 3 is 2.56 bits per heavy atom. The lowest BCUT2D eigenvalue weighted by atomic mass is 10.1. The molecule has 0 saturated carbocycles. The summed E-state index contributed by atoms with van der Waals surface area (Å²) in [5.74, 6) is 1.30. The van der Waals surface area contributed by atoms with Crippen molar-refractivity contribution in [2.45, 2.75) is 11.6 Å². The molecule has 0 fully saturated rings. The Kier molecular flexibility index (Phi) is 6.27. The molecule has 0 spiro atoms. The van der Waals surface area contributed by atoms with Gasteiger partial charge in [-0.3, -0.25) is 0 Å². The molecule has 1 heterocycles. The van der Waals surface area contributed by atoms with Crippen LogP contribution in [0.15, 0.2) is 59.8 Å². The average molecular weight is 379 g/mol. The van der Waals surface area contributed by atoms with Gasteiger partial charge in [-0.15, -0.1) is 0 Å². The van der Waals surface area contributed by atoms with E-state index in [1.54, 1.807) is 18.2 Å². The molecule has 4 N–H and O–H groups in total. The van der Waals surface area contributed by atoms with Crippen molar-refractivity contribution in [1.29, 1.82) is 5.41 Å². The summed E-state index contributed by atoms with van der Waals surface area (Å²) < 4.78 is 0. The molecule has 0 amide bonds. The largest absolute Gasteiger partial charge is 0.508 e. The van der Waals surface area contributed by atoms with Crippen LogP contribution >= 0.6 is 11.8 Å². The van der Waals surface area contributed by atoms with Crippen LogP contribution in [0.3, 0.4) is 0 Å². The summed E-state index contributed by atoms with van der Waals surface area (Å²) in [6.07, 6.45) is 4.00. The molecule has 3 rings (SSSR count). The first-order valence-electron chi connectivity index (χ1n) is 8.50. The summed E-state index contributed by atoms with van der Waals surface area (Å²) >= 11 is 1.43. The molecule has 7 heteroatoms. The number of nitrogens with zero attached hydrogens (tertiary/aromatic N) is 2. The molecular weight excluding hydrogens is 358 g/mol. The summed E-state index contributed by atoms with van der Waals surface area (Å²) in [6.45, 7) is 0.696. The molecule has 0 unspecified atom stereocenters. The van der Waals surface area contributed by atoms with E-state index in [2.05, 4.69) is 32.7 Å². The van der Waals surface area contributed by atoms with E-state index in [-0.39, 0.29) is 5.75 Å². The zero-order valence-electron chi connectivity index (χ0n) is 14.9. The molecule has 0 aliphatic rings. The summed E-state index contributed by atoms with van der Waals surface area (Å²) in [4.78, 5) is 8.99. The van der Waals surface area contributed by atoms with E-state index in [0.29, 0.717) is 34.6 Å². The lowest BCUT2D eigenvalue weighted by Gasteiger charge is -2.15. The summed E-state index contributed by atoms with van der Waals surface area (Å²) in [6, 6.07) is 17.0. The van der Waals surface area contributed by atoms with E-state index in [1.165, 1.54) is 23.5 Å². The molecule has 0 aliphatic heterocycles. The minimum Gasteiger partial charge on any atom is -0.508 e. The monoisotopic (exact) mass is 379 g/mol. The Morgan fingerprint density at radius 1 is 1.07 bits per heavy atom. The van der Waals surface area contributed by atoms with Gasteiger partial charge in [0.05, 0.1) is 5.56 Å². The third kappa shape index (κ3) is 4.98. The summed E-state index contributed by atoms with van der Waals surface area (Å²) in [7, 11) is 0. The maximum Gasteiger partial charge on any atom is 0.191 e. The number of phenolic OH excluding ortho intramolecular Hbond substituents is 1. The number of nitrogens with one attached hydrogen (secondary N) is 3. The highest BCUT2D eigenvalue weighted by Gasteiger charge is 2.13. The van der Waals surface area contributed by atoms with Crippen molar-refractivity contribution >= 4 is 35.3 Å². The van der Waals surface area contributed by atoms with Crippen molar-refractivity contribution in [3.63, 3.8) is 0 Å². The van der Waals surface area contributed by atoms with Gasteiger partial charge in [-0.05, 0) is 30.4 Å². The third-order valence-corrected chi connectivity index (χ3v) is 4.46. The zero-order chi connectivity index (χ0) is 19.1. The zero-order valence-corrected chi connectivity index (χ0v) is 15.8. The van der Waals surface area contributed by atoms with Crippen LogP contribution < -0.4 is 10.6 Å². The quantitative estimate of drug-likeness (QED) is 0.265. The van der Waals surface area contributed by atoms with Crippen molar-refractivity contribution in [3.05, 3.63) is 65.7 Å². The topological polar surface area (TPSA) is 93.9 Å². The van der Waals surface area contributed by atoms with Gasteiger partial charge in [0.2, 0.25) is 0 Å². The highest BCUT2D eigenvalue weighted by Crippen LogP contribution is 2.27. The van der Waals surface area contributed by atoms with E-state index in [4.69, 9.17) is 5.41 Å². The third-order valence-electron chi connectivity index (χ3n) is 3.91. The van der Waals surface area contributed by atoms with Gasteiger partial charge in [0.1, 0.15) is 17.4 Å². The fraction of sp³-hybridized carbons (Fsp3) is 0.150. The molecule has 138 valence electrons. The molecule has 0 atom stereocenters. The maximum atomic E-state index is 9.66. The number of thioether (sulfide) groups is 1. The number of phenols is 1. The Bertz CT molecular complexity index is 918. The van der Waals surface area contributed by atoms with E-state index in [0.717, 1.165) is 6.42 Å². The Labute approximate surface area is 162 Å². The summed E-state index contributed by atoms with van der Waals surface area (Å²) in [5, 5.41) is 24.6. The smallest absolute Gasteiger partial charge is 0.191 e. The van der Waals surface area contributed by atoms with Crippen LogP contribution in [0.1, 0.15) is 11.1 Å². The normalized spacial score (nSPS) is 10.4. The molecule has 2 aromatic carbocycles. The number of aromatic hydroxyl groups is 1. The molecule has 0 aliphatic carbocycles. The van der Waals surface area contributed by atoms with E-state index in [9.17, 15) is 5.11 Å². The number of hydrogen-bond acceptors (Lipinski definition) is 7. The minimum absolute atomic E-state index is 0.164. The standard InChI is InChI=1S/C20H21N5OS/c1-27-20-24-18(22-11-10-14-6-3-2-4-7-14)17(13-21)19(25-20)23-15-8-5-9-16(26)12-15/h2-9,12-13,21,26H,10-11H2,1H3,(H2,22,23,24,25). The number of aromatic nitrogens is 2. The van der Waals surface area contributed by atoms with Crippen LogP contribution in [0, 0.1) is 5.41 Å². The second-order valence-electron chi connectivity index (χ2n) is 5.80. The second-order valence-corrected chi connectivity index (χ2v) is 6.58. The van der Waals surface area contributed by atoms with Gasteiger partial charge in [0, 0.05) is 24.5 Å². The molecule has 1 aromatic heterocycles. The molecule has 6 nitrogen and oxygen atoms in total. The second kappa shape index (κ2) is 9.05. The van der Waals surface area contributed by atoms with E-state index < -0.39 is 0 Å². The molecule has 27 heavy (non-hydrogen) atoms. The molecule has 3 aromatic rings. The van der Waals surface area contributed by atoms with Gasteiger partial charge < -0.3 is 21.1 Å². The van der Waals surface area contributed by atoms with Gasteiger partial charge in [-0.1, -0.05) is 48.2 Å². The van der Waals surface area contributed by atoms with Crippen LogP contribution in [-0.4, -0.2) is 34.1 Å². The van der Waals surface area contributed by atoms with Gasteiger partial charge in [-0.2, -0.15) is 0 Å². The van der Waals surface area contributed by atoms with Crippen LogP contribution in [-0.2, 0) is 6.42 Å². The Balaban J connectivity index is 1.83. The number of hydrogen-bond donors (Lipinski definition) is 4. The van der Waals surface area contributed by atoms with Gasteiger partial charge >= 0.3 is 0 Å². The van der Waals surface area contributed by atoms with Crippen molar-refractivity contribution in [2.24, 2.45) is 0 Å². The molecular formula is C20H21N5OS. The van der Waals surface area contributed by atoms with Crippen molar-refractivity contribution in [1.82, 2.24) is 9.97 Å². The fourth-order valence-electron chi connectivity index (χ4n) is 2.60. The fourth-order valence-corrected chi connectivity index (χ4v) is 2.96. The van der Waals surface area contributed by atoms with Crippen LogP contribution in [0.2, 0.25) is 0 Å². The van der Waals surface area contributed by atoms with Crippen molar-refractivity contribution in [3.8, 4) is 5.75 Å². The van der Waals surface area contributed by atoms with Crippen LogP contribution in [0.5, 0.6) is 5.75 Å². The van der Waals surface area contributed by atoms with E-state index in [1.807, 2.05) is 30.5 Å². The number of anilines is 3. The molecule has 0 bridgehead atoms. The van der Waals surface area contributed by atoms with Crippen molar-refractivity contribution < 1.29 is 5.11 Å². The van der Waals surface area contributed by atoms with Gasteiger partial charge in [0.25, 0.3) is 0 Å². The first-order valence-corrected chi connectivity index (χ1v) is 9.72. The lowest BCUT2D eigenvalue weighted by molar-refractivity contribution is 0.475. The van der Waals surface area contributed by atoms with E-state index >= 15 is 0 Å². The SMILES string of the molecule is CSc1nc(NCCc2ccccc2)c(C=N)c(Nc2cccc(O)c2)n1. The average Bonchev–Trinajstić information content (AvgIpc) is 2.68. The predicted molar refractivity (Wildman–Crippen MR) is 112 cm³/mol. The Hall–Kier alpha value is -3.06. The minimum atomic E-state index is 0.164. The first kappa shape index (κ1) is 18.7. The number of rotatable bonds is 8. The van der Waals surface area contributed by atoms with Gasteiger partial charge in [0.15, 0.2) is 5.16 Å². The highest BCUT2D eigenvalue weighted by molar-refractivity contribution is 7.98. The number of benzene rings is 2. The van der Waals surface area contributed by atoms with Gasteiger partial charge in [-0.25, -0.2) is 9.97 Å². The highest BCUT2D eigenvalue weighted by atomic mass is 32.2. The predicted octanol–water partition coefficient (Wildman–Crippen LogP) is 4.30. The molecule has 0 saturated heterocycles. The lowest BCUT2D eigenvalue weighted by Crippen LogP contribution is -2.12. The van der Waals surface area contributed by atoms with Crippen molar-refractivity contribution in [2.75, 3.05) is 23.4 Å². The summed E-state index contributed by atoms with van der Waals surface area (Å²) in [5.41, 5.74) is 2.50. The Morgan fingerprint density at radius 2 is 1.85 bits per heavy atom. The van der Waals surface area contributed by atoms with Crippen LogP contribution in [0.4, 0.5) is 17.3 Å². The molecule has 0 radical (unpaired) electrons. The first-order chi connectivity index (χ1) is 13.2.